The number of anilines is 1. The molecule has 170 valence electrons. The maximum Gasteiger partial charge on any atom is 0.262 e. The summed E-state index contributed by atoms with van der Waals surface area (Å²) in [6, 6.07) is 29.1. The third-order valence-corrected chi connectivity index (χ3v) is 6.43. The molecule has 0 aliphatic rings. The average molecular weight is 478 g/mol. The van der Waals surface area contributed by atoms with Crippen molar-refractivity contribution in [1.29, 1.82) is 0 Å². The fourth-order valence-electron chi connectivity index (χ4n) is 3.83. The molecule has 0 saturated carbocycles. The Hall–Kier alpha value is -4.56. The molecule has 0 bridgehead atoms. The molecule has 0 fully saturated rings. The summed E-state index contributed by atoms with van der Waals surface area (Å²) in [5, 5.41) is 20.3. The Labute approximate surface area is 204 Å². The number of amides is 1. The van der Waals surface area contributed by atoms with Crippen molar-refractivity contribution < 1.29 is 9.53 Å². The number of ether oxygens (including phenoxy) is 1. The number of carbonyl (C=O) groups excluding carboxylic acids is 1. The van der Waals surface area contributed by atoms with Crippen LogP contribution in [0.5, 0.6) is 5.75 Å². The van der Waals surface area contributed by atoms with Gasteiger partial charge in [0.05, 0.1) is 10.6 Å². The molecule has 0 saturated heterocycles. The number of hydrogen-bond donors (Lipinski definition) is 1. The first kappa shape index (κ1) is 21.0. The van der Waals surface area contributed by atoms with Crippen LogP contribution in [0.15, 0.2) is 96.4 Å². The third kappa shape index (κ3) is 4.34. The van der Waals surface area contributed by atoms with Crippen LogP contribution in [0.25, 0.3) is 38.4 Å². The van der Waals surface area contributed by atoms with Crippen molar-refractivity contribution in [3.05, 3.63) is 96.4 Å². The van der Waals surface area contributed by atoms with Crippen LogP contribution < -0.4 is 10.1 Å². The number of nitrogens with zero attached hydrogens (tertiary/aromatic N) is 4. The molecular weight excluding hydrogens is 458 g/mol. The van der Waals surface area contributed by atoms with Gasteiger partial charge in [-0.05, 0) is 58.6 Å². The first-order valence-corrected chi connectivity index (χ1v) is 11.9. The average Bonchev–Trinajstić information content (AvgIpc) is 3.57. The van der Waals surface area contributed by atoms with Crippen LogP contribution in [0.1, 0.15) is 0 Å². The minimum atomic E-state index is -0.226. The summed E-state index contributed by atoms with van der Waals surface area (Å²) in [5.74, 6) is 1.15. The van der Waals surface area contributed by atoms with Crippen molar-refractivity contribution in [3.8, 4) is 27.7 Å². The molecule has 35 heavy (non-hydrogen) atoms. The van der Waals surface area contributed by atoms with E-state index >= 15 is 0 Å². The highest BCUT2D eigenvalue weighted by atomic mass is 32.1. The maximum atomic E-state index is 12.4. The number of thiophene rings is 1. The Morgan fingerprint density at radius 2 is 1.74 bits per heavy atom. The molecule has 0 aliphatic heterocycles. The molecule has 1 amide bonds. The molecule has 8 heteroatoms. The Morgan fingerprint density at radius 1 is 0.886 bits per heavy atom. The second kappa shape index (κ2) is 9.00. The van der Waals surface area contributed by atoms with Crippen molar-refractivity contribution >= 4 is 39.4 Å². The van der Waals surface area contributed by atoms with E-state index in [1.807, 2.05) is 96.4 Å². The second-order valence-electron chi connectivity index (χ2n) is 7.91. The standard InChI is InChI=1S/C27H19N5O2S/c33-26(17-34-22-12-9-18-4-1-2-5-20(18)16-22)28-21-10-7-19(8-11-21)23-13-14-25-29-30-27(32(25)31-23)24-6-3-15-35-24/h1-16H,17H2,(H,28,33). The van der Waals surface area contributed by atoms with E-state index in [9.17, 15) is 4.79 Å². The number of rotatable bonds is 6. The molecular formula is C27H19N5O2S. The lowest BCUT2D eigenvalue weighted by Crippen LogP contribution is -2.20. The van der Waals surface area contributed by atoms with Gasteiger partial charge in [-0.3, -0.25) is 4.79 Å². The van der Waals surface area contributed by atoms with Gasteiger partial charge in [-0.25, -0.2) is 0 Å². The van der Waals surface area contributed by atoms with Gasteiger partial charge in [0.25, 0.3) is 5.91 Å². The van der Waals surface area contributed by atoms with Gasteiger partial charge < -0.3 is 10.1 Å². The van der Waals surface area contributed by atoms with E-state index in [0.29, 0.717) is 22.9 Å². The number of benzene rings is 3. The minimum absolute atomic E-state index is 0.0720. The Morgan fingerprint density at radius 3 is 2.57 bits per heavy atom. The lowest BCUT2D eigenvalue weighted by atomic mass is 10.1. The first-order chi connectivity index (χ1) is 17.2. The number of carbonyl (C=O) groups is 1. The van der Waals surface area contributed by atoms with Gasteiger partial charge in [0.1, 0.15) is 5.75 Å². The normalized spacial score (nSPS) is 11.1. The molecule has 0 atom stereocenters. The van der Waals surface area contributed by atoms with Crippen molar-refractivity contribution in [2.45, 2.75) is 0 Å². The van der Waals surface area contributed by atoms with E-state index in [4.69, 9.17) is 9.84 Å². The highest BCUT2D eigenvalue weighted by Crippen LogP contribution is 2.25. The summed E-state index contributed by atoms with van der Waals surface area (Å²) >= 11 is 1.59. The quantitative estimate of drug-likeness (QED) is 0.333. The third-order valence-electron chi connectivity index (χ3n) is 5.56. The van der Waals surface area contributed by atoms with Crippen LogP contribution in [0, 0.1) is 0 Å². The molecule has 1 N–H and O–H groups in total. The zero-order valence-electron chi connectivity index (χ0n) is 18.5. The SMILES string of the molecule is O=C(COc1ccc2ccccc2c1)Nc1ccc(-c2ccc3nnc(-c4cccs4)n3n2)cc1. The summed E-state index contributed by atoms with van der Waals surface area (Å²) in [6.45, 7) is -0.0720. The van der Waals surface area contributed by atoms with Gasteiger partial charge in [-0.2, -0.15) is 9.61 Å². The van der Waals surface area contributed by atoms with Crippen LogP contribution in [-0.2, 0) is 4.79 Å². The molecule has 3 aromatic heterocycles. The van der Waals surface area contributed by atoms with E-state index < -0.39 is 0 Å². The van der Waals surface area contributed by atoms with Crippen LogP contribution >= 0.6 is 11.3 Å². The molecule has 0 unspecified atom stereocenters. The van der Waals surface area contributed by atoms with Gasteiger partial charge in [-0.15, -0.1) is 21.5 Å². The monoisotopic (exact) mass is 477 g/mol. The van der Waals surface area contributed by atoms with Gasteiger partial charge in [0.15, 0.2) is 18.1 Å². The summed E-state index contributed by atoms with van der Waals surface area (Å²) in [6.07, 6.45) is 0. The van der Waals surface area contributed by atoms with E-state index in [0.717, 1.165) is 26.9 Å². The number of hydrogen-bond acceptors (Lipinski definition) is 6. The lowest BCUT2D eigenvalue weighted by molar-refractivity contribution is -0.118. The fraction of sp³-hybridized carbons (Fsp3) is 0.0370. The van der Waals surface area contributed by atoms with Crippen LogP contribution in [-0.4, -0.2) is 32.3 Å². The summed E-state index contributed by atoms with van der Waals surface area (Å²) in [5.41, 5.74) is 3.08. The highest BCUT2D eigenvalue weighted by Gasteiger charge is 2.12. The summed E-state index contributed by atoms with van der Waals surface area (Å²) in [7, 11) is 0. The highest BCUT2D eigenvalue weighted by molar-refractivity contribution is 7.13. The van der Waals surface area contributed by atoms with Crippen LogP contribution in [0.4, 0.5) is 5.69 Å². The van der Waals surface area contributed by atoms with Gasteiger partial charge >= 0.3 is 0 Å². The molecule has 3 aromatic carbocycles. The van der Waals surface area contributed by atoms with Crippen molar-refractivity contribution in [2.75, 3.05) is 11.9 Å². The fourth-order valence-corrected chi connectivity index (χ4v) is 4.52. The lowest BCUT2D eigenvalue weighted by Gasteiger charge is -2.09. The molecule has 0 spiro atoms. The van der Waals surface area contributed by atoms with Gasteiger partial charge in [0, 0.05) is 11.3 Å². The van der Waals surface area contributed by atoms with Crippen molar-refractivity contribution in [2.24, 2.45) is 0 Å². The molecule has 6 aromatic rings. The number of nitrogens with one attached hydrogen (secondary N) is 1. The smallest absolute Gasteiger partial charge is 0.262 e. The number of aromatic nitrogens is 4. The molecule has 6 rings (SSSR count). The maximum absolute atomic E-state index is 12.4. The van der Waals surface area contributed by atoms with E-state index in [-0.39, 0.29) is 12.5 Å². The zero-order chi connectivity index (χ0) is 23.6. The predicted octanol–water partition coefficient (Wildman–Crippen LogP) is 5.69. The summed E-state index contributed by atoms with van der Waals surface area (Å²) < 4.78 is 7.43. The van der Waals surface area contributed by atoms with Crippen LogP contribution in [0.2, 0.25) is 0 Å². The van der Waals surface area contributed by atoms with Gasteiger partial charge in [-0.1, -0.05) is 48.5 Å². The largest absolute Gasteiger partial charge is 0.484 e. The predicted molar refractivity (Wildman–Crippen MR) is 138 cm³/mol. The minimum Gasteiger partial charge on any atom is -0.484 e. The van der Waals surface area contributed by atoms with E-state index in [1.54, 1.807) is 15.9 Å². The van der Waals surface area contributed by atoms with E-state index in [1.165, 1.54) is 0 Å². The topological polar surface area (TPSA) is 81.4 Å². The van der Waals surface area contributed by atoms with Gasteiger partial charge in [0.2, 0.25) is 0 Å². The Kier molecular flexibility index (Phi) is 5.40. The molecule has 7 nitrogen and oxygen atoms in total. The molecule has 0 radical (unpaired) electrons. The molecule has 3 heterocycles. The van der Waals surface area contributed by atoms with E-state index in [2.05, 4.69) is 15.5 Å². The molecule has 0 aliphatic carbocycles. The summed E-state index contributed by atoms with van der Waals surface area (Å²) in [4.78, 5) is 13.4. The second-order valence-corrected chi connectivity index (χ2v) is 8.86. The Balaban J connectivity index is 1.13. The van der Waals surface area contributed by atoms with Crippen molar-refractivity contribution in [1.82, 2.24) is 19.8 Å². The zero-order valence-corrected chi connectivity index (χ0v) is 19.3. The Bertz CT molecular complexity index is 1640. The first-order valence-electron chi connectivity index (χ1n) is 11.0. The van der Waals surface area contributed by atoms with Crippen molar-refractivity contribution in [3.63, 3.8) is 0 Å². The number of fused-ring (bicyclic) bond motifs is 2. The van der Waals surface area contributed by atoms with Crippen LogP contribution in [0.3, 0.4) is 0 Å².